The largest absolute Gasteiger partial charge is 0.313 e. The lowest BCUT2D eigenvalue weighted by atomic mass is 10.2. The first-order valence-corrected chi connectivity index (χ1v) is 7.54. The molecule has 5 heteroatoms. The van der Waals surface area contributed by atoms with E-state index in [2.05, 4.69) is 38.2 Å². The minimum absolute atomic E-state index is 0.626. The van der Waals surface area contributed by atoms with Crippen LogP contribution in [0.3, 0.4) is 0 Å². The minimum Gasteiger partial charge on any atom is -0.313 e. The van der Waals surface area contributed by atoms with E-state index in [4.69, 9.17) is 0 Å². The third kappa shape index (κ3) is 3.13. The quantitative estimate of drug-likeness (QED) is 0.927. The van der Waals surface area contributed by atoms with E-state index >= 15 is 0 Å². The summed E-state index contributed by atoms with van der Waals surface area (Å²) in [7, 11) is 2.03. The molecule has 2 heterocycles. The summed E-state index contributed by atoms with van der Waals surface area (Å²) in [5, 5.41) is 8.07. The predicted molar refractivity (Wildman–Crippen MR) is 77.6 cm³/mol. The van der Waals surface area contributed by atoms with Crippen molar-refractivity contribution in [3.05, 3.63) is 15.9 Å². The zero-order valence-corrected chi connectivity index (χ0v) is 13.1. The van der Waals surface area contributed by atoms with Crippen LogP contribution in [0.5, 0.6) is 0 Å². The van der Waals surface area contributed by atoms with Gasteiger partial charge >= 0.3 is 0 Å². The molecule has 0 aromatic carbocycles. The molecule has 0 saturated carbocycles. The van der Waals surface area contributed by atoms with Crippen molar-refractivity contribution in [3.8, 4) is 0 Å². The molecule has 0 bridgehead atoms. The summed E-state index contributed by atoms with van der Waals surface area (Å²) in [6.07, 6.45) is 2.42. The van der Waals surface area contributed by atoms with Crippen molar-refractivity contribution in [2.24, 2.45) is 7.05 Å². The maximum absolute atomic E-state index is 4.47. The lowest BCUT2D eigenvalue weighted by Gasteiger charge is -2.23. The van der Waals surface area contributed by atoms with Gasteiger partial charge in [-0.3, -0.25) is 9.58 Å². The molecular formula is C13H23BrN4. The van der Waals surface area contributed by atoms with Gasteiger partial charge in [0, 0.05) is 26.2 Å². The topological polar surface area (TPSA) is 33.1 Å². The fraction of sp³-hybridized carbons (Fsp3) is 0.769. The Morgan fingerprint density at radius 1 is 1.50 bits per heavy atom. The van der Waals surface area contributed by atoms with Crippen LogP contribution in [0, 0.1) is 6.92 Å². The van der Waals surface area contributed by atoms with Crippen LogP contribution >= 0.6 is 15.9 Å². The van der Waals surface area contributed by atoms with Crippen molar-refractivity contribution >= 4 is 15.9 Å². The number of halogens is 1. The SMILES string of the molecule is CCC1CN(Cc2c(Br)c(C)nn2C)CCCN1. The summed E-state index contributed by atoms with van der Waals surface area (Å²) < 4.78 is 3.16. The van der Waals surface area contributed by atoms with E-state index in [0.29, 0.717) is 6.04 Å². The zero-order valence-electron chi connectivity index (χ0n) is 11.5. The highest BCUT2D eigenvalue weighted by atomic mass is 79.9. The van der Waals surface area contributed by atoms with Crippen LogP contribution in [0.1, 0.15) is 31.2 Å². The van der Waals surface area contributed by atoms with Crippen LogP contribution in [0.15, 0.2) is 4.47 Å². The molecule has 1 fully saturated rings. The Bertz CT molecular complexity index is 402. The number of hydrogen-bond acceptors (Lipinski definition) is 3. The van der Waals surface area contributed by atoms with Gasteiger partial charge < -0.3 is 5.32 Å². The normalized spacial score (nSPS) is 22.1. The van der Waals surface area contributed by atoms with Crippen molar-refractivity contribution in [2.45, 2.75) is 39.3 Å². The zero-order chi connectivity index (χ0) is 13.1. The first-order valence-electron chi connectivity index (χ1n) is 6.75. The molecule has 1 saturated heterocycles. The van der Waals surface area contributed by atoms with E-state index in [1.165, 1.54) is 25.1 Å². The average Bonchev–Trinajstić information content (AvgIpc) is 2.57. The molecule has 0 amide bonds. The summed E-state index contributed by atoms with van der Waals surface area (Å²) >= 11 is 3.65. The van der Waals surface area contributed by atoms with Crippen molar-refractivity contribution in [3.63, 3.8) is 0 Å². The van der Waals surface area contributed by atoms with Gasteiger partial charge in [0.05, 0.1) is 15.9 Å². The number of nitrogens with zero attached hydrogens (tertiary/aromatic N) is 3. The highest BCUT2D eigenvalue weighted by Gasteiger charge is 2.19. The average molecular weight is 315 g/mol. The second-order valence-corrected chi connectivity index (χ2v) is 5.91. The van der Waals surface area contributed by atoms with Crippen LogP contribution < -0.4 is 5.32 Å². The minimum atomic E-state index is 0.626. The van der Waals surface area contributed by atoms with E-state index in [9.17, 15) is 0 Å². The maximum atomic E-state index is 4.47. The molecular weight excluding hydrogens is 292 g/mol. The molecule has 18 heavy (non-hydrogen) atoms. The molecule has 2 rings (SSSR count). The van der Waals surface area contributed by atoms with Gasteiger partial charge in [-0.2, -0.15) is 5.10 Å². The number of aromatic nitrogens is 2. The molecule has 0 aliphatic carbocycles. The molecule has 1 atom stereocenters. The van der Waals surface area contributed by atoms with E-state index in [-0.39, 0.29) is 0 Å². The van der Waals surface area contributed by atoms with E-state index in [0.717, 1.165) is 29.8 Å². The fourth-order valence-corrected chi connectivity index (χ4v) is 3.02. The van der Waals surface area contributed by atoms with Crippen molar-refractivity contribution in [2.75, 3.05) is 19.6 Å². The fourth-order valence-electron chi connectivity index (χ4n) is 2.56. The second-order valence-electron chi connectivity index (χ2n) is 5.12. The van der Waals surface area contributed by atoms with Crippen molar-refractivity contribution in [1.29, 1.82) is 0 Å². The number of hydrogen-bond donors (Lipinski definition) is 1. The Kier molecular flexibility index (Phi) is 4.81. The molecule has 1 aliphatic heterocycles. The van der Waals surface area contributed by atoms with Gasteiger partial charge in [0.1, 0.15) is 0 Å². The lowest BCUT2D eigenvalue weighted by Crippen LogP contribution is -2.37. The Labute approximate surface area is 118 Å². The van der Waals surface area contributed by atoms with Gasteiger partial charge in [0.25, 0.3) is 0 Å². The number of nitrogens with one attached hydrogen (secondary N) is 1. The second kappa shape index (κ2) is 6.17. The van der Waals surface area contributed by atoms with Crippen LogP contribution in [0.25, 0.3) is 0 Å². The van der Waals surface area contributed by atoms with Gasteiger partial charge in [-0.05, 0) is 48.8 Å². The first-order chi connectivity index (χ1) is 8.61. The van der Waals surface area contributed by atoms with E-state index in [1.807, 2.05) is 18.7 Å². The van der Waals surface area contributed by atoms with Crippen LogP contribution in [0.4, 0.5) is 0 Å². The Balaban J connectivity index is 2.07. The standard InChI is InChI=1S/C13H23BrN4/c1-4-11-8-18(7-5-6-15-11)9-12-13(14)10(2)16-17(12)3/h11,15H,4-9H2,1-3H3. The highest BCUT2D eigenvalue weighted by molar-refractivity contribution is 9.10. The molecule has 1 aliphatic rings. The number of rotatable bonds is 3. The lowest BCUT2D eigenvalue weighted by molar-refractivity contribution is 0.250. The molecule has 0 spiro atoms. The summed E-state index contributed by atoms with van der Waals surface area (Å²) in [6, 6.07) is 0.626. The van der Waals surface area contributed by atoms with E-state index in [1.54, 1.807) is 0 Å². The van der Waals surface area contributed by atoms with Gasteiger partial charge in [-0.15, -0.1) is 0 Å². The molecule has 1 aromatic heterocycles. The Morgan fingerprint density at radius 2 is 2.28 bits per heavy atom. The predicted octanol–water partition coefficient (Wildman–Crippen LogP) is 2.06. The number of aryl methyl sites for hydroxylation is 2. The molecule has 1 aromatic rings. The van der Waals surface area contributed by atoms with Gasteiger partial charge in [-0.25, -0.2) is 0 Å². The van der Waals surface area contributed by atoms with Crippen LogP contribution in [-0.4, -0.2) is 40.4 Å². The third-order valence-electron chi connectivity index (χ3n) is 3.69. The van der Waals surface area contributed by atoms with Crippen molar-refractivity contribution < 1.29 is 0 Å². The molecule has 4 nitrogen and oxygen atoms in total. The van der Waals surface area contributed by atoms with Gasteiger partial charge in [0.15, 0.2) is 0 Å². The summed E-state index contributed by atoms with van der Waals surface area (Å²) in [5.41, 5.74) is 2.36. The summed E-state index contributed by atoms with van der Waals surface area (Å²) in [5.74, 6) is 0. The highest BCUT2D eigenvalue weighted by Crippen LogP contribution is 2.22. The third-order valence-corrected chi connectivity index (χ3v) is 4.72. The molecule has 0 radical (unpaired) electrons. The van der Waals surface area contributed by atoms with Gasteiger partial charge in [0.2, 0.25) is 0 Å². The smallest absolute Gasteiger partial charge is 0.0739 e. The molecule has 1 unspecified atom stereocenters. The summed E-state index contributed by atoms with van der Waals surface area (Å²) in [4.78, 5) is 2.54. The van der Waals surface area contributed by atoms with Crippen LogP contribution in [-0.2, 0) is 13.6 Å². The molecule has 1 N–H and O–H groups in total. The van der Waals surface area contributed by atoms with E-state index < -0.39 is 0 Å². The van der Waals surface area contributed by atoms with Crippen molar-refractivity contribution in [1.82, 2.24) is 20.0 Å². The first kappa shape index (κ1) is 14.0. The Morgan fingerprint density at radius 3 is 2.89 bits per heavy atom. The monoisotopic (exact) mass is 314 g/mol. The molecule has 102 valence electrons. The van der Waals surface area contributed by atoms with Gasteiger partial charge in [-0.1, -0.05) is 6.92 Å². The Hall–Kier alpha value is -0.390. The van der Waals surface area contributed by atoms with Crippen LogP contribution in [0.2, 0.25) is 0 Å². The maximum Gasteiger partial charge on any atom is 0.0739 e. The summed E-state index contributed by atoms with van der Waals surface area (Å²) in [6.45, 7) is 8.72.